The van der Waals surface area contributed by atoms with E-state index in [2.05, 4.69) is 9.71 Å². The molecule has 0 amide bonds. The molecule has 1 heterocycles. The van der Waals surface area contributed by atoms with Crippen LogP contribution in [-0.4, -0.2) is 32.7 Å². The Labute approximate surface area is 100 Å². The van der Waals surface area contributed by atoms with Crippen LogP contribution >= 0.6 is 0 Å². The van der Waals surface area contributed by atoms with E-state index in [0.717, 1.165) is 6.07 Å². The molecule has 0 aliphatic heterocycles. The Morgan fingerprint density at radius 2 is 2.29 bits per heavy atom. The molecule has 1 rings (SSSR count). The third-order valence-electron chi connectivity index (χ3n) is 1.99. The van der Waals surface area contributed by atoms with Crippen LogP contribution < -0.4 is 4.72 Å². The van der Waals surface area contributed by atoms with Gasteiger partial charge in [0.25, 0.3) is 10.0 Å². The Hall–Kier alpha value is -1.05. The summed E-state index contributed by atoms with van der Waals surface area (Å²) in [5.41, 5.74) is 0. The van der Waals surface area contributed by atoms with Crippen LogP contribution in [0.2, 0.25) is 0 Å². The van der Waals surface area contributed by atoms with Crippen LogP contribution in [0.1, 0.15) is 13.8 Å². The highest BCUT2D eigenvalue weighted by Gasteiger charge is 2.20. The van der Waals surface area contributed by atoms with E-state index >= 15 is 0 Å². The van der Waals surface area contributed by atoms with Gasteiger partial charge in [0, 0.05) is 19.3 Å². The molecule has 0 aromatic carbocycles. The van der Waals surface area contributed by atoms with Crippen LogP contribution in [0.25, 0.3) is 0 Å². The Morgan fingerprint density at radius 1 is 1.59 bits per heavy atom. The lowest BCUT2D eigenvalue weighted by molar-refractivity contribution is 0.0799. The highest BCUT2D eigenvalue weighted by molar-refractivity contribution is 7.89. The fraction of sp³-hybridized carbons (Fsp3) is 0.500. The number of aromatic nitrogens is 1. The minimum Gasteiger partial charge on any atom is -0.377 e. The van der Waals surface area contributed by atoms with Crippen molar-refractivity contribution in [2.45, 2.75) is 25.0 Å². The Morgan fingerprint density at radius 3 is 2.88 bits per heavy atom. The monoisotopic (exact) mass is 262 g/mol. The molecule has 0 radical (unpaired) electrons. The smallest absolute Gasteiger partial charge is 0.261 e. The summed E-state index contributed by atoms with van der Waals surface area (Å²) in [6.07, 6.45) is 0.949. The van der Waals surface area contributed by atoms with Crippen LogP contribution in [-0.2, 0) is 14.8 Å². The number of hydrogen-bond donors (Lipinski definition) is 1. The van der Waals surface area contributed by atoms with Gasteiger partial charge in [0.1, 0.15) is 0 Å². The Kier molecular flexibility index (Phi) is 4.98. The van der Waals surface area contributed by atoms with Crippen LogP contribution in [0.4, 0.5) is 4.39 Å². The number of nitrogens with one attached hydrogen (secondary N) is 1. The molecular weight excluding hydrogens is 247 g/mol. The number of halogens is 1. The summed E-state index contributed by atoms with van der Waals surface area (Å²) in [5.74, 6) is -0.871. The fourth-order valence-corrected chi connectivity index (χ4v) is 2.32. The lowest BCUT2D eigenvalue weighted by Crippen LogP contribution is -2.33. The predicted octanol–water partition coefficient (Wildman–Crippen LogP) is 0.924. The topological polar surface area (TPSA) is 68.3 Å². The third-order valence-corrected chi connectivity index (χ3v) is 3.35. The Balaban J connectivity index is 2.73. The lowest BCUT2D eigenvalue weighted by Gasteiger charge is -2.12. The maximum Gasteiger partial charge on any atom is 0.261 e. The van der Waals surface area contributed by atoms with Gasteiger partial charge in [0.2, 0.25) is 5.03 Å². The zero-order valence-corrected chi connectivity index (χ0v) is 10.5. The lowest BCUT2D eigenvalue weighted by atomic mass is 10.4. The summed E-state index contributed by atoms with van der Waals surface area (Å²) < 4.78 is 44.0. The van der Waals surface area contributed by atoms with Crippen LogP contribution in [0.15, 0.2) is 23.4 Å². The first-order valence-corrected chi connectivity index (χ1v) is 6.67. The van der Waals surface area contributed by atoms with Crippen molar-refractivity contribution in [3.63, 3.8) is 0 Å². The molecule has 17 heavy (non-hydrogen) atoms. The molecule has 1 aromatic rings. The van der Waals surface area contributed by atoms with E-state index in [1.54, 1.807) is 6.92 Å². The highest BCUT2D eigenvalue weighted by atomic mass is 32.2. The minimum absolute atomic E-state index is 0.0756. The molecule has 1 unspecified atom stereocenters. The predicted molar refractivity (Wildman–Crippen MR) is 60.5 cm³/mol. The summed E-state index contributed by atoms with van der Waals surface area (Å²) in [6.45, 7) is 4.09. The summed E-state index contributed by atoms with van der Waals surface area (Å²) in [5, 5.41) is -0.594. The molecule has 1 atom stereocenters. The fourth-order valence-electron chi connectivity index (χ4n) is 1.21. The molecular formula is C10H15FN2O3S. The number of ether oxygens (including phenoxy) is 1. The van der Waals surface area contributed by atoms with Crippen molar-refractivity contribution in [3.8, 4) is 0 Å². The minimum atomic E-state index is -3.92. The molecule has 5 nitrogen and oxygen atoms in total. The molecule has 1 aromatic heterocycles. The SMILES string of the molecule is CCOC(C)CNS(=O)(=O)c1ncccc1F. The van der Waals surface area contributed by atoms with E-state index < -0.39 is 20.9 Å². The van der Waals surface area contributed by atoms with Gasteiger partial charge in [-0.2, -0.15) is 0 Å². The number of nitrogens with zero attached hydrogens (tertiary/aromatic N) is 1. The van der Waals surface area contributed by atoms with Gasteiger partial charge >= 0.3 is 0 Å². The van der Waals surface area contributed by atoms with Crippen molar-refractivity contribution < 1.29 is 17.5 Å². The van der Waals surface area contributed by atoms with E-state index in [9.17, 15) is 12.8 Å². The number of rotatable bonds is 6. The van der Waals surface area contributed by atoms with Crippen molar-refractivity contribution in [2.75, 3.05) is 13.2 Å². The first-order chi connectivity index (χ1) is 7.97. The first-order valence-electron chi connectivity index (χ1n) is 5.19. The van der Waals surface area contributed by atoms with Crippen LogP contribution in [0.5, 0.6) is 0 Å². The van der Waals surface area contributed by atoms with Gasteiger partial charge in [-0.1, -0.05) is 0 Å². The van der Waals surface area contributed by atoms with Gasteiger partial charge in [-0.25, -0.2) is 22.5 Å². The normalized spacial score (nSPS) is 13.6. The molecule has 96 valence electrons. The number of pyridine rings is 1. The Bertz CT molecular complexity index is 464. The largest absolute Gasteiger partial charge is 0.377 e. The van der Waals surface area contributed by atoms with Gasteiger partial charge in [-0.3, -0.25) is 0 Å². The van der Waals surface area contributed by atoms with Crippen molar-refractivity contribution in [1.29, 1.82) is 0 Å². The molecule has 0 fully saturated rings. The number of hydrogen-bond acceptors (Lipinski definition) is 4. The van der Waals surface area contributed by atoms with Gasteiger partial charge in [-0.05, 0) is 26.0 Å². The maximum atomic E-state index is 13.2. The molecule has 1 N–H and O–H groups in total. The van der Waals surface area contributed by atoms with E-state index in [-0.39, 0.29) is 12.6 Å². The standard InChI is InChI=1S/C10H15FN2O3S/c1-3-16-8(2)7-13-17(14,15)10-9(11)5-4-6-12-10/h4-6,8,13H,3,7H2,1-2H3. The molecule has 0 aliphatic rings. The third kappa shape index (κ3) is 4.03. The summed E-state index contributed by atoms with van der Waals surface area (Å²) >= 11 is 0. The quantitative estimate of drug-likeness (QED) is 0.828. The van der Waals surface area contributed by atoms with Gasteiger partial charge in [0.15, 0.2) is 5.82 Å². The summed E-state index contributed by atoms with van der Waals surface area (Å²) in [7, 11) is -3.92. The van der Waals surface area contributed by atoms with Crippen LogP contribution in [0, 0.1) is 5.82 Å². The van der Waals surface area contributed by atoms with E-state index in [1.165, 1.54) is 12.3 Å². The summed E-state index contributed by atoms with van der Waals surface area (Å²) in [6, 6.07) is 2.38. The second-order valence-corrected chi connectivity index (χ2v) is 5.09. The average molecular weight is 262 g/mol. The molecule has 0 spiro atoms. The maximum absolute atomic E-state index is 13.2. The molecule has 7 heteroatoms. The van der Waals surface area contributed by atoms with Crippen LogP contribution in [0.3, 0.4) is 0 Å². The van der Waals surface area contributed by atoms with Crippen molar-refractivity contribution >= 4 is 10.0 Å². The van der Waals surface area contributed by atoms with Gasteiger partial charge in [0.05, 0.1) is 6.10 Å². The molecule has 0 saturated heterocycles. The van der Waals surface area contributed by atoms with Gasteiger partial charge in [-0.15, -0.1) is 0 Å². The molecule has 0 bridgehead atoms. The zero-order valence-electron chi connectivity index (χ0n) is 9.68. The first kappa shape index (κ1) is 14.0. The zero-order chi connectivity index (χ0) is 12.9. The highest BCUT2D eigenvalue weighted by Crippen LogP contribution is 2.09. The van der Waals surface area contributed by atoms with Crippen molar-refractivity contribution in [1.82, 2.24) is 9.71 Å². The second kappa shape index (κ2) is 6.04. The van der Waals surface area contributed by atoms with E-state index in [4.69, 9.17) is 4.74 Å². The van der Waals surface area contributed by atoms with E-state index in [1.807, 2.05) is 6.92 Å². The molecule has 0 aliphatic carbocycles. The van der Waals surface area contributed by atoms with E-state index in [0.29, 0.717) is 6.61 Å². The van der Waals surface area contributed by atoms with Crippen molar-refractivity contribution in [3.05, 3.63) is 24.1 Å². The second-order valence-electron chi connectivity index (χ2n) is 3.41. The summed E-state index contributed by atoms with van der Waals surface area (Å²) in [4.78, 5) is 3.51. The number of sulfonamides is 1. The van der Waals surface area contributed by atoms with Gasteiger partial charge < -0.3 is 4.74 Å². The van der Waals surface area contributed by atoms with Crippen molar-refractivity contribution in [2.24, 2.45) is 0 Å². The average Bonchev–Trinajstić information content (AvgIpc) is 2.27. The molecule has 0 saturated carbocycles.